The molecule has 1 aromatic carbocycles. The molecule has 0 spiro atoms. The minimum atomic E-state index is -0.167. The third kappa shape index (κ3) is 5.87. The summed E-state index contributed by atoms with van der Waals surface area (Å²) in [6.07, 6.45) is 2.64. The zero-order chi connectivity index (χ0) is 19.9. The van der Waals surface area contributed by atoms with Crippen LogP contribution in [0.25, 0.3) is 0 Å². The average molecular weight is 397 g/mol. The van der Waals surface area contributed by atoms with E-state index in [-0.39, 0.29) is 25.0 Å². The minimum Gasteiger partial charge on any atom is -0.490 e. The second-order valence-corrected chi connectivity index (χ2v) is 7.84. The van der Waals surface area contributed by atoms with E-state index in [4.69, 9.17) is 10.5 Å². The molecule has 0 aliphatic carbocycles. The van der Waals surface area contributed by atoms with E-state index in [9.17, 15) is 4.79 Å². The highest BCUT2D eigenvalue weighted by atomic mass is 32.1. The van der Waals surface area contributed by atoms with Crippen molar-refractivity contribution < 1.29 is 9.53 Å². The van der Waals surface area contributed by atoms with Gasteiger partial charge < -0.3 is 15.8 Å². The van der Waals surface area contributed by atoms with Crippen LogP contribution in [-0.4, -0.2) is 22.0 Å². The van der Waals surface area contributed by atoms with Crippen LogP contribution in [0.4, 0.5) is 5.13 Å². The number of nitrogens with zero attached hydrogens (tertiary/aromatic N) is 2. The van der Waals surface area contributed by atoms with Crippen molar-refractivity contribution in [1.29, 1.82) is 0 Å². The van der Waals surface area contributed by atoms with Gasteiger partial charge in [0.2, 0.25) is 5.91 Å². The van der Waals surface area contributed by atoms with Crippen molar-refractivity contribution in [2.24, 2.45) is 5.73 Å². The van der Waals surface area contributed by atoms with Gasteiger partial charge in [-0.2, -0.15) is 0 Å². The number of rotatable bonds is 8. The Labute approximate surface area is 168 Å². The number of anilines is 1. The van der Waals surface area contributed by atoms with Gasteiger partial charge in [-0.3, -0.25) is 9.78 Å². The summed E-state index contributed by atoms with van der Waals surface area (Å²) in [5.41, 5.74) is 8.29. The Morgan fingerprint density at radius 2 is 2.00 bits per heavy atom. The van der Waals surface area contributed by atoms with Crippen LogP contribution in [0.15, 0.2) is 48.7 Å². The van der Waals surface area contributed by atoms with E-state index in [1.807, 2.05) is 38.1 Å². The summed E-state index contributed by atoms with van der Waals surface area (Å²) < 4.78 is 6.07. The third-order valence-corrected chi connectivity index (χ3v) is 4.85. The molecule has 0 bridgehead atoms. The first kappa shape index (κ1) is 20.0. The lowest BCUT2D eigenvalue weighted by Crippen LogP contribution is -2.18. The number of pyridine rings is 1. The monoisotopic (exact) mass is 396 g/mol. The van der Waals surface area contributed by atoms with Crippen LogP contribution in [0, 0.1) is 6.92 Å². The number of ether oxygens (including phenoxy) is 1. The van der Waals surface area contributed by atoms with Gasteiger partial charge in [0.1, 0.15) is 5.75 Å². The topological polar surface area (TPSA) is 90.1 Å². The molecule has 3 aromatic rings. The van der Waals surface area contributed by atoms with Gasteiger partial charge in [0, 0.05) is 36.2 Å². The third-order valence-electron chi connectivity index (χ3n) is 4.03. The Balaban J connectivity index is 1.66. The van der Waals surface area contributed by atoms with Crippen LogP contribution in [0.5, 0.6) is 5.75 Å². The van der Waals surface area contributed by atoms with Gasteiger partial charge in [0.15, 0.2) is 5.13 Å². The fraction of sp³-hybridized carbons (Fsp3) is 0.286. The van der Waals surface area contributed by atoms with E-state index in [0.29, 0.717) is 22.3 Å². The zero-order valence-corrected chi connectivity index (χ0v) is 16.8. The number of benzene rings is 1. The largest absolute Gasteiger partial charge is 0.490 e. The quantitative estimate of drug-likeness (QED) is 0.608. The van der Waals surface area contributed by atoms with Crippen molar-refractivity contribution in [1.82, 2.24) is 9.97 Å². The number of hydrogen-bond donors (Lipinski definition) is 2. The molecule has 3 rings (SSSR count). The van der Waals surface area contributed by atoms with Gasteiger partial charge >= 0.3 is 0 Å². The van der Waals surface area contributed by atoms with Gasteiger partial charge in [-0.15, -0.1) is 11.3 Å². The molecule has 6 nitrogen and oxygen atoms in total. The number of aromatic nitrogens is 2. The van der Waals surface area contributed by atoms with Crippen LogP contribution < -0.4 is 15.8 Å². The molecular formula is C21H24N4O2S. The summed E-state index contributed by atoms with van der Waals surface area (Å²) >= 11 is 1.44. The predicted molar refractivity (Wildman–Crippen MR) is 112 cm³/mol. The SMILES string of the molecule is Cc1cnc(NC(=O)Cc2cc(O[C@@H](C)Cc3ccccc3)cc(CN)n2)s1. The maximum absolute atomic E-state index is 12.3. The number of amides is 1. The van der Waals surface area contributed by atoms with E-state index in [2.05, 4.69) is 27.4 Å². The highest BCUT2D eigenvalue weighted by Crippen LogP contribution is 2.20. The summed E-state index contributed by atoms with van der Waals surface area (Å²) in [6, 6.07) is 13.8. The lowest BCUT2D eigenvalue weighted by Gasteiger charge is -2.16. The standard InChI is InChI=1S/C21H24N4O2S/c1-14(8-16-6-4-3-5-7-16)27-19-9-17(24-18(10-19)12-22)11-20(26)25-21-23-13-15(2)28-21/h3-7,9-10,13-14H,8,11-12,22H2,1-2H3,(H,23,25,26)/t14-/m0/s1. The lowest BCUT2D eigenvalue weighted by atomic mass is 10.1. The van der Waals surface area contributed by atoms with Crippen LogP contribution in [0.1, 0.15) is 28.8 Å². The molecule has 0 fully saturated rings. The molecule has 2 heterocycles. The summed E-state index contributed by atoms with van der Waals surface area (Å²) in [5, 5.41) is 3.39. The van der Waals surface area contributed by atoms with Crippen molar-refractivity contribution in [3.05, 3.63) is 70.5 Å². The molecular weight excluding hydrogens is 372 g/mol. The smallest absolute Gasteiger partial charge is 0.232 e. The molecule has 1 amide bonds. The first-order valence-corrected chi connectivity index (χ1v) is 9.96. The highest BCUT2D eigenvalue weighted by Gasteiger charge is 2.12. The Morgan fingerprint density at radius 1 is 1.25 bits per heavy atom. The van der Waals surface area contributed by atoms with Crippen LogP contribution in [-0.2, 0) is 24.2 Å². The molecule has 7 heteroatoms. The molecule has 146 valence electrons. The van der Waals surface area contributed by atoms with Crippen LogP contribution >= 0.6 is 11.3 Å². The molecule has 0 radical (unpaired) electrons. The maximum Gasteiger partial charge on any atom is 0.232 e. The fourth-order valence-electron chi connectivity index (χ4n) is 2.84. The number of hydrogen-bond acceptors (Lipinski definition) is 6. The number of nitrogens with two attached hydrogens (primary N) is 1. The first-order chi connectivity index (χ1) is 13.5. The number of carbonyl (C=O) groups excluding carboxylic acids is 1. The Morgan fingerprint density at radius 3 is 2.68 bits per heavy atom. The van der Waals surface area contributed by atoms with E-state index in [1.54, 1.807) is 12.3 Å². The Bertz CT molecular complexity index is 927. The second kappa shape index (κ2) is 9.43. The van der Waals surface area contributed by atoms with Crippen molar-refractivity contribution in [3.8, 4) is 5.75 Å². The van der Waals surface area contributed by atoms with Crippen molar-refractivity contribution in [2.75, 3.05) is 5.32 Å². The Kier molecular flexibility index (Phi) is 6.73. The summed E-state index contributed by atoms with van der Waals surface area (Å²) in [5.74, 6) is 0.506. The zero-order valence-electron chi connectivity index (χ0n) is 16.0. The fourth-order valence-corrected chi connectivity index (χ4v) is 3.52. The highest BCUT2D eigenvalue weighted by molar-refractivity contribution is 7.15. The average Bonchev–Trinajstić information content (AvgIpc) is 3.06. The summed E-state index contributed by atoms with van der Waals surface area (Å²) in [6.45, 7) is 4.25. The molecule has 2 aromatic heterocycles. The molecule has 0 saturated heterocycles. The number of carbonyl (C=O) groups is 1. The lowest BCUT2D eigenvalue weighted by molar-refractivity contribution is -0.115. The molecule has 28 heavy (non-hydrogen) atoms. The molecule has 0 unspecified atom stereocenters. The summed E-state index contributed by atoms with van der Waals surface area (Å²) in [4.78, 5) is 21.9. The van der Waals surface area contributed by atoms with E-state index in [0.717, 1.165) is 11.3 Å². The molecule has 0 aliphatic rings. The van der Waals surface area contributed by atoms with Gasteiger partial charge in [0.05, 0.1) is 23.9 Å². The Hall–Kier alpha value is -2.77. The van der Waals surface area contributed by atoms with Crippen LogP contribution in [0.3, 0.4) is 0 Å². The molecule has 0 saturated carbocycles. The molecule has 3 N–H and O–H groups in total. The summed E-state index contributed by atoms with van der Waals surface area (Å²) in [7, 11) is 0. The number of thiazole rings is 1. The van der Waals surface area contributed by atoms with Crippen molar-refractivity contribution >= 4 is 22.4 Å². The number of aryl methyl sites for hydroxylation is 1. The predicted octanol–water partition coefficient (Wildman–Crippen LogP) is 3.50. The van der Waals surface area contributed by atoms with E-state index < -0.39 is 0 Å². The first-order valence-electron chi connectivity index (χ1n) is 9.14. The molecule has 0 aliphatic heterocycles. The van der Waals surface area contributed by atoms with E-state index >= 15 is 0 Å². The molecule has 1 atom stereocenters. The number of nitrogens with one attached hydrogen (secondary N) is 1. The van der Waals surface area contributed by atoms with Crippen molar-refractivity contribution in [2.45, 2.75) is 39.3 Å². The van der Waals surface area contributed by atoms with Gasteiger partial charge in [-0.05, 0) is 19.4 Å². The normalized spacial score (nSPS) is 11.8. The maximum atomic E-state index is 12.3. The van der Waals surface area contributed by atoms with E-state index in [1.165, 1.54) is 16.9 Å². The van der Waals surface area contributed by atoms with Gasteiger partial charge in [-0.1, -0.05) is 30.3 Å². The van der Waals surface area contributed by atoms with Gasteiger partial charge in [0.25, 0.3) is 0 Å². The van der Waals surface area contributed by atoms with Crippen molar-refractivity contribution in [3.63, 3.8) is 0 Å². The minimum absolute atomic E-state index is 0.0182. The second-order valence-electron chi connectivity index (χ2n) is 6.61. The van der Waals surface area contributed by atoms with Gasteiger partial charge in [-0.25, -0.2) is 4.98 Å². The van der Waals surface area contributed by atoms with Crippen LogP contribution in [0.2, 0.25) is 0 Å².